The molecule has 1 aromatic carbocycles. The van der Waals surface area contributed by atoms with Crippen LogP contribution in [0.15, 0.2) is 48.8 Å². The Morgan fingerprint density at radius 1 is 1.07 bits per heavy atom. The molecule has 2 heterocycles. The second-order valence-corrected chi connectivity index (χ2v) is 7.63. The van der Waals surface area contributed by atoms with Crippen LogP contribution in [-0.2, 0) is 6.42 Å². The molecule has 0 spiro atoms. The Bertz CT molecular complexity index is 908. The quantitative estimate of drug-likeness (QED) is 0.548. The molecule has 0 bridgehead atoms. The van der Waals surface area contributed by atoms with Crippen molar-refractivity contribution in [1.29, 1.82) is 0 Å². The van der Waals surface area contributed by atoms with Crippen molar-refractivity contribution in [1.82, 2.24) is 15.3 Å². The maximum Gasteiger partial charge on any atom is 0.253 e. The van der Waals surface area contributed by atoms with Gasteiger partial charge >= 0.3 is 0 Å². The van der Waals surface area contributed by atoms with E-state index in [0.717, 1.165) is 31.6 Å². The summed E-state index contributed by atoms with van der Waals surface area (Å²) in [5.41, 5.74) is 3.09. The summed E-state index contributed by atoms with van der Waals surface area (Å²) in [5.74, 6) is 0.788. The summed E-state index contributed by atoms with van der Waals surface area (Å²) in [6, 6.07) is 12.4. The lowest BCUT2D eigenvalue weighted by Crippen LogP contribution is -2.34. The summed E-state index contributed by atoms with van der Waals surface area (Å²) in [4.78, 5) is 20.2. The van der Waals surface area contributed by atoms with Crippen molar-refractivity contribution in [3.8, 4) is 0 Å². The third-order valence-electron chi connectivity index (χ3n) is 5.59. The molecule has 0 aliphatic heterocycles. The number of carbonyl (C=O) groups excluding carboxylic acids is 1. The zero-order chi connectivity index (χ0) is 19.2. The minimum atomic E-state index is -0.00950. The van der Waals surface area contributed by atoms with Gasteiger partial charge < -0.3 is 15.6 Å². The van der Waals surface area contributed by atoms with Crippen molar-refractivity contribution in [3.05, 3.63) is 59.9 Å². The highest BCUT2D eigenvalue weighted by Crippen LogP contribution is 2.19. The van der Waals surface area contributed by atoms with Gasteiger partial charge in [0.2, 0.25) is 0 Å². The highest BCUT2D eigenvalue weighted by Gasteiger charge is 2.16. The van der Waals surface area contributed by atoms with Crippen LogP contribution in [0.25, 0.3) is 10.9 Å². The minimum absolute atomic E-state index is 0.00950. The van der Waals surface area contributed by atoms with Crippen molar-refractivity contribution in [2.75, 3.05) is 11.9 Å². The molecular weight excluding hydrogens is 348 g/mol. The SMILES string of the molecule is O=C(NC1CCCCCC1)c1ccc(NCCc2c[nH]c3ccccc23)nc1. The number of aromatic nitrogens is 2. The van der Waals surface area contributed by atoms with Gasteiger partial charge in [-0.3, -0.25) is 4.79 Å². The Hall–Kier alpha value is -2.82. The summed E-state index contributed by atoms with van der Waals surface area (Å²) >= 11 is 0. The number of para-hydroxylation sites is 1. The fourth-order valence-electron chi connectivity index (χ4n) is 3.99. The predicted molar refractivity (Wildman–Crippen MR) is 114 cm³/mol. The number of pyridine rings is 1. The van der Waals surface area contributed by atoms with Crippen molar-refractivity contribution >= 4 is 22.6 Å². The molecule has 5 nitrogen and oxygen atoms in total. The van der Waals surface area contributed by atoms with Gasteiger partial charge in [0, 0.05) is 35.9 Å². The standard InChI is InChI=1S/C23H28N4O/c28-23(27-19-7-3-1-2-4-8-19)18-11-12-22(26-16-18)24-14-13-17-15-25-21-10-6-5-9-20(17)21/h5-6,9-12,15-16,19,25H,1-4,7-8,13-14H2,(H,24,26)(H,27,28). The molecule has 1 amide bonds. The monoisotopic (exact) mass is 376 g/mol. The largest absolute Gasteiger partial charge is 0.370 e. The van der Waals surface area contributed by atoms with Crippen LogP contribution in [0.1, 0.15) is 54.4 Å². The second-order valence-electron chi connectivity index (χ2n) is 7.63. The highest BCUT2D eigenvalue weighted by molar-refractivity contribution is 5.94. The van der Waals surface area contributed by atoms with Crippen LogP contribution in [0.3, 0.4) is 0 Å². The molecule has 0 radical (unpaired) electrons. The molecule has 146 valence electrons. The van der Waals surface area contributed by atoms with E-state index >= 15 is 0 Å². The summed E-state index contributed by atoms with van der Waals surface area (Å²) in [7, 11) is 0. The lowest BCUT2D eigenvalue weighted by Gasteiger charge is -2.16. The Kier molecular flexibility index (Phi) is 5.90. The molecule has 0 saturated heterocycles. The molecule has 0 atom stereocenters. The maximum atomic E-state index is 12.5. The summed E-state index contributed by atoms with van der Waals surface area (Å²) in [6.07, 6.45) is 11.8. The first-order chi connectivity index (χ1) is 13.8. The third-order valence-corrected chi connectivity index (χ3v) is 5.59. The van der Waals surface area contributed by atoms with Gasteiger partial charge in [-0.1, -0.05) is 43.9 Å². The van der Waals surface area contributed by atoms with Gasteiger partial charge in [-0.25, -0.2) is 4.98 Å². The number of anilines is 1. The lowest BCUT2D eigenvalue weighted by molar-refractivity contribution is 0.0933. The Balaban J connectivity index is 1.28. The molecular formula is C23H28N4O. The second kappa shape index (κ2) is 8.91. The van der Waals surface area contributed by atoms with Gasteiger partial charge in [-0.15, -0.1) is 0 Å². The van der Waals surface area contributed by atoms with Crippen LogP contribution in [0.2, 0.25) is 0 Å². The number of nitrogens with zero attached hydrogens (tertiary/aromatic N) is 1. The van der Waals surface area contributed by atoms with Gasteiger partial charge in [-0.05, 0) is 43.0 Å². The van der Waals surface area contributed by atoms with E-state index in [1.165, 1.54) is 42.1 Å². The zero-order valence-corrected chi connectivity index (χ0v) is 16.2. The van der Waals surface area contributed by atoms with Gasteiger partial charge in [0.1, 0.15) is 5.82 Å². The number of hydrogen-bond donors (Lipinski definition) is 3. The maximum absolute atomic E-state index is 12.5. The van der Waals surface area contributed by atoms with E-state index in [4.69, 9.17) is 0 Å². The topological polar surface area (TPSA) is 69.8 Å². The van der Waals surface area contributed by atoms with Gasteiger partial charge in [0.15, 0.2) is 0 Å². The molecule has 28 heavy (non-hydrogen) atoms. The molecule has 1 fully saturated rings. The first-order valence-electron chi connectivity index (χ1n) is 10.4. The van der Waals surface area contributed by atoms with E-state index < -0.39 is 0 Å². The highest BCUT2D eigenvalue weighted by atomic mass is 16.1. The number of nitrogens with one attached hydrogen (secondary N) is 3. The van der Waals surface area contributed by atoms with Crippen molar-refractivity contribution in [3.63, 3.8) is 0 Å². The molecule has 4 rings (SSSR count). The first-order valence-corrected chi connectivity index (χ1v) is 10.4. The van der Waals surface area contributed by atoms with Crippen LogP contribution >= 0.6 is 0 Å². The number of rotatable bonds is 6. The summed E-state index contributed by atoms with van der Waals surface area (Å²) < 4.78 is 0. The van der Waals surface area contributed by atoms with Crippen LogP contribution < -0.4 is 10.6 Å². The Morgan fingerprint density at radius 3 is 2.68 bits per heavy atom. The van der Waals surface area contributed by atoms with Gasteiger partial charge in [-0.2, -0.15) is 0 Å². The molecule has 5 heteroatoms. The van der Waals surface area contributed by atoms with Crippen molar-refractivity contribution in [2.45, 2.75) is 51.0 Å². The Labute approximate surface area is 166 Å². The predicted octanol–water partition coefficient (Wildman–Crippen LogP) is 4.67. The van der Waals surface area contributed by atoms with Crippen LogP contribution in [0.5, 0.6) is 0 Å². The first kappa shape index (κ1) is 18.5. The number of benzene rings is 1. The molecule has 0 unspecified atom stereocenters. The number of fused-ring (bicyclic) bond motifs is 1. The third kappa shape index (κ3) is 4.53. The number of aromatic amines is 1. The summed E-state index contributed by atoms with van der Waals surface area (Å²) in [6.45, 7) is 0.794. The number of carbonyl (C=O) groups is 1. The molecule has 1 aliphatic carbocycles. The van der Waals surface area contributed by atoms with Gasteiger partial charge in [0.05, 0.1) is 5.56 Å². The van der Waals surface area contributed by atoms with Crippen LogP contribution in [-0.4, -0.2) is 28.5 Å². The van der Waals surface area contributed by atoms with E-state index in [2.05, 4.69) is 45.0 Å². The Morgan fingerprint density at radius 2 is 1.89 bits per heavy atom. The molecule has 1 saturated carbocycles. The van der Waals surface area contributed by atoms with E-state index in [1.54, 1.807) is 6.20 Å². The van der Waals surface area contributed by atoms with Gasteiger partial charge in [0.25, 0.3) is 5.91 Å². The smallest absolute Gasteiger partial charge is 0.253 e. The fraction of sp³-hybridized carbons (Fsp3) is 0.391. The summed E-state index contributed by atoms with van der Waals surface area (Å²) in [5, 5.41) is 7.78. The van der Waals surface area contributed by atoms with Crippen LogP contribution in [0, 0.1) is 0 Å². The zero-order valence-electron chi connectivity index (χ0n) is 16.2. The molecule has 3 aromatic rings. The number of hydrogen-bond acceptors (Lipinski definition) is 3. The fourth-order valence-corrected chi connectivity index (χ4v) is 3.99. The molecule has 1 aliphatic rings. The molecule has 3 N–H and O–H groups in total. The van der Waals surface area contributed by atoms with Crippen molar-refractivity contribution in [2.24, 2.45) is 0 Å². The molecule has 2 aromatic heterocycles. The lowest BCUT2D eigenvalue weighted by atomic mass is 10.1. The van der Waals surface area contributed by atoms with Crippen LogP contribution in [0.4, 0.5) is 5.82 Å². The van der Waals surface area contributed by atoms with Crippen molar-refractivity contribution < 1.29 is 4.79 Å². The average molecular weight is 377 g/mol. The minimum Gasteiger partial charge on any atom is -0.370 e. The normalized spacial score (nSPS) is 15.3. The van der Waals surface area contributed by atoms with E-state index in [9.17, 15) is 4.79 Å². The van der Waals surface area contributed by atoms with E-state index in [0.29, 0.717) is 11.6 Å². The average Bonchev–Trinajstić information content (AvgIpc) is 2.96. The van der Waals surface area contributed by atoms with E-state index in [-0.39, 0.29) is 5.91 Å². The van der Waals surface area contributed by atoms with E-state index in [1.807, 2.05) is 18.2 Å². The number of H-pyrrole nitrogens is 1. The number of amides is 1.